The third-order valence-electron chi connectivity index (χ3n) is 3.63. The van der Waals surface area contributed by atoms with E-state index >= 15 is 0 Å². The molecule has 2 aromatic rings. The Hall–Kier alpha value is -1.65. The Labute approximate surface area is 112 Å². The first kappa shape index (κ1) is 12.4. The summed E-state index contributed by atoms with van der Waals surface area (Å²) < 4.78 is 7.65. The molecule has 4 heteroatoms. The predicted octanol–water partition coefficient (Wildman–Crippen LogP) is 2.33. The summed E-state index contributed by atoms with van der Waals surface area (Å²) in [5.41, 5.74) is 2.08. The fourth-order valence-electron chi connectivity index (χ4n) is 2.60. The molecule has 2 atom stereocenters. The van der Waals surface area contributed by atoms with Crippen molar-refractivity contribution < 1.29 is 9.84 Å². The van der Waals surface area contributed by atoms with E-state index in [0.29, 0.717) is 0 Å². The van der Waals surface area contributed by atoms with Crippen LogP contribution in [-0.4, -0.2) is 28.1 Å². The van der Waals surface area contributed by atoms with E-state index in [0.717, 1.165) is 30.7 Å². The minimum atomic E-state index is -0.0313. The molecule has 1 aliphatic heterocycles. The van der Waals surface area contributed by atoms with Crippen LogP contribution in [0.15, 0.2) is 42.7 Å². The van der Waals surface area contributed by atoms with Crippen LogP contribution in [0.5, 0.6) is 0 Å². The quantitative estimate of drug-likeness (QED) is 0.919. The summed E-state index contributed by atoms with van der Waals surface area (Å²) in [6, 6.07) is 10.00. The Morgan fingerprint density at radius 1 is 1.32 bits per heavy atom. The first-order chi connectivity index (χ1) is 9.38. The van der Waals surface area contributed by atoms with Crippen LogP contribution in [-0.2, 0) is 4.74 Å². The van der Waals surface area contributed by atoms with Crippen molar-refractivity contribution in [2.45, 2.75) is 18.9 Å². The van der Waals surface area contributed by atoms with Gasteiger partial charge in [-0.05, 0) is 25.0 Å². The van der Waals surface area contributed by atoms with Crippen molar-refractivity contribution in [2.24, 2.45) is 5.92 Å². The maximum atomic E-state index is 9.44. The van der Waals surface area contributed by atoms with Crippen LogP contribution in [0.1, 0.15) is 24.5 Å². The Balaban J connectivity index is 1.84. The standard InChI is InChI=1S/C15H18N2O2/c18-11-12-5-4-8-19-15(12)13-9-16-17(10-13)14-6-2-1-3-7-14/h1-3,6-7,9-10,12,15,18H,4-5,8,11H2. The highest BCUT2D eigenvalue weighted by atomic mass is 16.5. The Morgan fingerprint density at radius 3 is 2.95 bits per heavy atom. The van der Waals surface area contributed by atoms with Gasteiger partial charge in [-0.15, -0.1) is 0 Å². The van der Waals surface area contributed by atoms with E-state index in [9.17, 15) is 5.11 Å². The third kappa shape index (κ3) is 2.55. The van der Waals surface area contributed by atoms with Gasteiger partial charge in [-0.1, -0.05) is 18.2 Å². The molecule has 1 fully saturated rings. The van der Waals surface area contributed by atoms with E-state index in [1.165, 1.54) is 0 Å². The molecule has 4 nitrogen and oxygen atoms in total. The van der Waals surface area contributed by atoms with Crippen LogP contribution in [0.3, 0.4) is 0 Å². The van der Waals surface area contributed by atoms with Crippen LogP contribution in [0.2, 0.25) is 0 Å². The summed E-state index contributed by atoms with van der Waals surface area (Å²) in [4.78, 5) is 0. The van der Waals surface area contributed by atoms with Gasteiger partial charge >= 0.3 is 0 Å². The molecular formula is C15H18N2O2. The van der Waals surface area contributed by atoms with Gasteiger partial charge in [0, 0.05) is 30.9 Å². The van der Waals surface area contributed by atoms with Crippen molar-refractivity contribution in [1.82, 2.24) is 9.78 Å². The van der Waals surface area contributed by atoms with Crippen LogP contribution in [0, 0.1) is 5.92 Å². The Morgan fingerprint density at radius 2 is 2.16 bits per heavy atom. The molecular weight excluding hydrogens is 240 g/mol. The van der Waals surface area contributed by atoms with Crippen molar-refractivity contribution in [3.8, 4) is 5.69 Å². The zero-order chi connectivity index (χ0) is 13.1. The van der Waals surface area contributed by atoms with Crippen molar-refractivity contribution >= 4 is 0 Å². The smallest absolute Gasteiger partial charge is 0.0905 e. The molecule has 3 rings (SSSR count). The molecule has 0 bridgehead atoms. The molecule has 0 spiro atoms. The number of aromatic nitrogens is 2. The summed E-state index contributed by atoms with van der Waals surface area (Å²) in [5, 5.41) is 13.8. The molecule has 0 aliphatic carbocycles. The second-order valence-corrected chi connectivity index (χ2v) is 4.93. The zero-order valence-corrected chi connectivity index (χ0v) is 10.8. The van der Waals surface area contributed by atoms with E-state index in [1.54, 1.807) is 0 Å². The number of hydrogen-bond donors (Lipinski definition) is 1. The van der Waals surface area contributed by atoms with Gasteiger partial charge < -0.3 is 9.84 Å². The van der Waals surface area contributed by atoms with Gasteiger partial charge in [-0.25, -0.2) is 4.68 Å². The minimum Gasteiger partial charge on any atom is -0.396 e. The van der Waals surface area contributed by atoms with Gasteiger partial charge in [-0.2, -0.15) is 5.10 Å². The fraction of sp³-hybridized carbons (Fsp3) is 0.400. The lowest BCUT2D eigenvalue weighted by Gasteiger charge is -2.29. The molecule has 1 aliphatic rings. The number of benzene rings is 1. The van der Waals surface area contributed by atoms with E-state index < -0.39 is 0 Å². The van der Waals surface area contributed by atoms with Crippen molar-refractivity contribution in [1.29, 1.82) is 0 Å². The minimum absolute atomic E-state index is 0.0313. The molecule has 1 aromatic heterocycles. The predicted molar refractivity (Wildman–Crippen MR) is 72.1 cm³/mol. The lowest BCUT2D eigenvalue weighted by Crippen LogP contribution is -2.24. The average Bonchev–Trinajstić information content (AvgIpc) is 2.98. The maximum Gasteiger partial charge on any atom is 0.0905 e. The highest BCUT2D eigenvalue weighted by molar-refractivity contribution is 5.31. The number of nitrogens with zero attached hydrogens (tertiary/aromatic N) is 2. The molecule has 0 radical (unpaired) electrons. The summed E-state index contributed by atoms with van der Waals surface area (Å²) in [7, 11) is 0. The molecule has 100 valence electrons. The SMILES string of the molecule is OCC1CCCOC1c1cnn(-c2ccccc2)c1. The second kappa shape index (κ2) is 5.55. The number of ether oxygens (including phenoxy) is 1. The van der Waals surface area contributed by atoms with Gasteiger partial charge in [0.1, 0.15) is 0 Å². The van der Waals surface area contributed by atoms with E-state index in [2.05, 4.69) is 5.10 Å². The van der Waals surface area contributed by atoms with Gasteiger partial charge in [0.15, 0.2) is 0 Å². The van der Waals surface area contributed by atoms with Crippen molar-refractivity contribution in [2.75, 3.05) is 13.2 Å². The number of aliphatic hydroxyl groups excluding tert-OH is 1. The topological polar surface area (TPSA) is 47.3 Å². The summed E-state index contributed by atoms with van der Waals surface area (Å²) in [6.07, 6.45) is 5.84. The second-order valence-electron chi connectivity index (χ2n) is 4.93. The Kier molecular flexibility index (Phi) is 3.62. The molecule has 1 N–H and O–H groups in total. The maximum absolute atomic E-state index is 9.44. The van der Waals surface area contributed by atoms with Crippen LogP contribution in [0.25, 0.3) is 5.69 Å². The van der Waals surface area contributed by atoms with Crippen LogP contribution >= 0.6 is 0 Å². The molecule has 1 aromatic carbocycles. The van der Waals surface area contributed by atoms with Gasteiger partial charge in [0.2, 0.25) is 0 Å². The molecule has 1 saturated heterocycles. The highest BCUT2D eigenvalue weighted by Crippen LogP contribution is 2.33. The monoisotopic (exact) mass is 258 g/mol. The van der Waals surface area contributed by atoms with E-state index in [1.807, 2.05) is 47.4 Å². The molecule has 19 heavy (non-hydrogen) atoms. The summed E-state index contributed by atoms with van der Waals surface area (Å²) >= 11 is 0. The van der Waals surface area contributed by atoms with Crippen LogP contribution < -0.4 is 0 Å². The zero-order valence-electron chi connectivity index (χ0n) is 10.8. The largest absolute Gasteiger partial charge is 0.396 e. The van der Waals surface area contributed by atoms with Gasteiger partial charge in [-0.3, -0.25) is 0 Å². The first-order valence-electron chi connectivity index (χ1n) is 6.71. The molecule has 0 amide bonds. The lowest BCUT2D eigenvalue weighted by molar-refractivity contribution is -0.0457. The normalized spacial score (nSPS) is 23.4. The summed E-state index contributed by atoms with van der Waals surface area (Å²) in [5.74, 6) is 0.183. The molecule has 0 saturated carbocycles. The number of rotatable bonds is 3. The highest BCUT2D eigenvalue weighted by Gasteiger charge is 2.27. The first-order valence-corrected chi connectivity index (χ1v) is 6.71. The Bertz CT molecular complexity index is 524. The number of aliphatic hydroxyl groups is 1. The molecule has 2 unspecified atom stereocenters. The summed E-state index contributed by atoms with van der Waals surface area (Å²) in [6.45, 7) is 0.929. The van der Waals surface area contributed by atoms with Crippen molar-refractivity contribution in [3.05, 3.63) is 48.3 Å². The van der Waals surface area contributed by atoms with E-state index in [4.69, 9.17) is 4.74 Å². The number of para-hydroxylation sites is 1. The van der Waals surface area contributed by atoms with E-state index in [-0.39, 0.29) is 18.6 Å². The average molecular weight is 258 g/mol. The third-order valence-corrected chi connectivity index (χ3v) is 3.63. The van der Waals surface area contributed by atoms with Gasteiger partial charge in [0.05, 0.1) is 18.0 Å². The lowest BCUT2D eigenvalue weighted by atomic mass is 9.92. The number of hydrogen-bond acceptors (Lipinski definition) is 3. The van der Waals surface area contributed by atoms with Gasteiger partial charge in [0.25, 0.3) is 0 Å². The fourth-order valence-corrected chi connectivity index (χ4v) is 2.60. The molecule has 2 heterocycles. The van der Waals surface area contributed by atoms with Crippen molar-refractivity contribution in [3.63, 3.8) is 0 Å². The van der Waals surface area contributed by atoms with Crippen LogP contribution in [0.4, 0.5) is 0 Å².